The van der Waals surface area contributed by atoms with Crippen LogP contribution < -0.4 is 0 Å². The van der Waals surface area contributed by atoms with Gasteiger partial charge in [0.05, 0.1) is 4.90 Å². The van der Waals surface area contributed by atoms with Crippen LogP contribution in [-0.4, -0.2) is 63.1 Å². The van der Waals surface area contributed by atoms with Crippen molar-refractivity contribution in [1.29, 1.82) is 0 Å². The van der Waals surface area contributed by atoms with Gasteiger partial charge in [-0.1, -0.05) is 19.9 Å². The molecule has 2 rings (SSSR count). The number of sulfone groups is 1. The van der Waals surface area contributed by atoms with Gasteiger partial charge in [-0.2, -0.15) is 0 Å². The highest BCUT2D eigenvalue weighted by Gasteiger charge is 2.21. The van der Waals surface area contributed by atoms with Crippen LogP contribution in [-0.2, 0) is 9.84 Å². The van der Waals surface area contributed by atoms with Crippen molar-refractivity contribution in [1.82, 2.24) is 9.80 Å². The molecule has 0 aliphatic carbocycles. The van der Waals surface area contributed by atoms with Crippen LogP contribution in [0, 0.1) is 5.92 Å². The van der Waals surface area contributed by atoms with Crippen LogP contribution in [0.1, 0.15) is 30.6 Å². The minimum absolute atomic E-state index is 0.0816. The van der Waals surface area contributed by atoms with E-state index in [2.05, 4.69) is 18.7 Å². The third-order valence-electron chi connectivity index (χ3n) is 4.01. The van der Waals surface area contributed by atoms with Gasteiger partial charge in [0.1, 0.15) is 0 Å². The summed E-state index contributed by atoms with van der Waals surface area (Å²) in [5.41, 5.74) is 0.449. The number of hydrogen-bond donors (Lipinski definition) is 0. The molecule has 1 aromatic carbocycles. The summed E-state index contributed by atoms with van der Waals surface area (Å²) < 4.78 is 23.3. The summed E-state index contributed by atoms with van der Waals surface area (Å²) in [6.07, 6.45) is 2.11. The number of carbonyl (C=O) groups excluding carboxylic acids is 1. The fourth-order valence-corrected chi connectivity index (χ4v) is 3.58. The van der Waals surface area contributed by atoms with Gasteiger partial charge in [-0.3, -0.25) is 4.79 Å². The quantitative estimate of drug-likeness (QED) is 0.841. The second-order valence-corrected chi connectivity index (χ2v) is 8.66. The lowest BCUT2D eigenvalue weighted by molar-refractivity contribution is 0.0760. The Hall–Kier alpha value is -1.40. The number of carbonyl (C=O) groups is 1. The molecule has 1 amide bonds. The fourth-order valence-electron chi connectivity index (χ4n) is 2.92. The summed E-state index contributed by atoms with van der Waals surface area (Å²) in [6.45, 7) is 8.73. The standard InChI is InChI=1S/C17H26N2O3S/c1-14(2)13-18-8-5-9-19(11-10-18)17(20)15-6-4-7-16(12-15)23(3,21)22/h4,6-7,12,14H,5,8-11,13H2,1-3H3. The smallest absolute Gasteiger partial charge is 0.253 e. The number of rotatable bonds is 4. The van der Waals surface area contributed by atoms with E-state index in [-0.39, 0.29) is 10.8 Å². The highest BCUT2D eigenvalue weighted by atomic mass is 32.2. The molecule has 1 aromatic rings. The molecule has 1 aliphatic rings. The van der Waals surface area contributed by atoms with Gasteiger partial charge in [0.15, 0.2) is 9.84 Å². The van der Waals surface area contributed by atoms with Crippen molar-refractivity contribution in [3.05, 3.63) is 29.8 Å². The minimum Gasteiger partial charge on any atom is -0.337 e. The molecule has 0 saturated carbocycles. The molecule has 0 atom stereocenters. The number of benzene rings is 1. The highest BCUT2D eigenvalue weighted by molar-refractivity contribution is 7.90. The lowest BCUT2D eigenvalue weighted by Crippen LogP contribution is -2.36. The maximum absolute atomic E-state index is 12.7. The monoisotopic (exact) mass is 338 g/mol. The average molecular weight is 338 g/mol. The van der Waals surface area contributed by atoms with Crippen molar-refractivity contribution in [3.63, 3.8) is 0 Å². The molecule has 0 spiro atoms. The fraction of sp³-hybridized carbons (Fsp3) is 0.588. The summed E-state index contributed by atoms with van der Waals surface area (Å²) in [7, 11) is -3.30. The van der Waals surface area contributed by atoms with E-state index in [9.17, 15) is 13.2 Å². The highest BCUT2D eigenvalue weighted by Crippen LogP contribution is 2.15. The zero-order chi connectivity index (χ0) is 17.0. The third-order valence-corrected chi connectivity index (χ3v) is 5.12. The van der Waals surface area contributed by atoms with Crippen molar-refractivity contribution >= 4 is 15.7 Å². The van der Waals surface area contributed by atoms with E-state index < -0.39 is 9.84 Å². The van der Waals surface area contributed by atoms with Gasteiger partial charge >= 0.3 is 0 Å². The molecular formula is C17H26N2O3S. The summed E-state index contributed by atoms with van der Waals surface area (Å²) in [6, 6.07) is 6.33. The first-order valence-corrected chi connectivity index (χ1v) is 9.98. The van der Waals surface area contributed by atoms with Crippen molar-refractivity contribution < 1.29 is 13.2 Å². The first kappa shape index (κ1) is 17.9. The van der Waals surface area contributed by atoms with Crippen molar-refractivity contribution in [2.45, 2.75) is 25.2 Å². The first-order valence-electron chi connectivity index (χ1n) is 8.09. The minimum atomic E-state index is -3.30. The van der Waals surface area contributed by atoms with Crippen molar-refractivity contribution in [3.8, 4) is 0 Å². The van der Waals surface area contributed by atoms with Crippen LogP contribution >= 0.6 is 0 Å². The van der Waals surface area contributed by atoms with E-state index >= 15 is 0 Å². The Labute approximate surface area is 139 Å². The van der Waals surface area contributed by atoms with Crippen LogP contribution in [0.3, 0.4) is 0 Å². The molecular weight excluding hydrogens is 312 g/mol. The molecule has 0 bridgehead atoms. The molecule has 1 saturated heterocycles. The lowest BCUT2D eigenvalue weighted by atomic mass is 10.2. The molecule has 0 aromatic heterocycles. The predicted molar refractivity (Wildman–Crippen MR) is 91.4 cm³/mol. The van der Waals surface area contributed by atoms with Gasteiger partial charge in [-0.25, -0.2) is 8.42 Å². The maximum Gasteiger partial charge on any atom is 0.253 e. The summed E-state index contributed by atoms with van der Waals surface area (Å²) >= 11 is 0. The van der Waals surface area contributed by atoms with Crippen LogP contribution in [0.5, 0.6) is 0 Å². The first-order chi connectivity index (χ1) is 10.8. The van der Waals surface area contributed by atoms with Crippen LogP contribution in [0.25, 0.3) is 0 Å². The van der Waals surface area contributed by atoms with Crippen LogP contribution in [0.4, 0.5) is 0 Å². The molecule has 23 heavy (non-hydrogen) atoms. The van der Waals surface area contributed by atoms with Gasteiger partial charge in [0.25, 0.3) is 5.91 Å². The Bertz CT molecular complexity index is 656. The molecule has 128 valence electrons. The molecule has 0 radical (unpaired) electrons. The predicted octanol–water partition coefficient (Wildman–Crippen LogP) is 1.89. The van der Waals surface area contributed by atoms with E-state index in [0.29, 0.717) is 18.0 Å². The molecule has 5 nitrogen and oxygen atoms in total. The van der Waals surface area contributed by atoms with Gasteiger partial charge in [0.2, 0.25) is 0 Å². The number of amides is 1. The van der Waals surface area contributed by atoms with Gasteiger partial charge < -0.3 is 9.80 Å². The SMILES string of the molecule is CC(C)CN1CCCN(C(=O)c2cccc(S(C)(=O)=O)c2)CC1. The molecule has 0 N–H and O–H groups in total. The van der Waals surface area contributed by atoms with Gasteiger partial charge in [-0.05, 0) is 37.1 Å². The molecule has 1 fully saturated rings. The summed E-state index contributed by atoms with van der Waals surface area (Å²) in [4.78, 5) is 17.1. The maximum atomic E-state index is 12.7. The lowest BCUT2D eigenvalue weighted by Gasteiger charge is -2.23. The van der Waals surface area contributed by atoms with E-state index in [1.807, 2.05) is 4.90 Å². The second-order valence-electron chi connectivity index (χ2n) is 6.64. The second kappa shape index (κ2) is 7.45. The summed E-state index contributed by atoms with van der Waals surface area (Å²) in [5.74, 6) is 0.533. The zero-order valence-corrected chi connectivity index (χ0v) is 15.0. The Kier molecular flexibility index (Phi) is 5.81. The Morgan fingerprint density at radius 2 is 1.91 bits per heavy atom. The molecule has 1 aliphatic heterocycles. The molecule has 0 unspecified atom stereocenters. The zero-order valence-electron chi connectivity index (χ0n) is 14.2. The van der Waals surface area contributed by atoms with Gasteiger partial charge in [-0.15, -0.1) is 0 Å². The average Bonchev–Trinajstić information content (AvgIpc) is 2.71. The number of nitrogens with zero attached hydrogens (tertiary/aromatic N) is 2. The van der Waals surface area contributed by atoms with Crippen molar-refractivity contribution in [2.75, 3.05) is 39.0 Å². The Morgan fingerprint density at radius 1 is 1.17 bits per heavy atom. The Balaban J connectivity index is 2.09. The third kappa shape index (κ3) is 5.04. The summed E-state index contributed by atoms with van der Waals surface area (Å²) in [5, 5.41) is 0. The van der Waals surface area contributed by atoms with E-state index in [1.54, 1.807) is 12.1 Å². The number of hydrogen-bond acceptors (Lipinski definition) is 4. The largest absolute Gasteiger partial charge is 0.337 e. The van der Waals surface area contributed by atoms with Crippen LogP contribution in [0.15, 0.2) is 29.2 Å². The van der Waals surface area contributed by atoms with E-state index in [1.165, 1.54) is 12.1 Å². The van der Waals surface area contributed by atoms with E-state index in [0.717, 1.165) is 38.9 Å². The topological polar surface area (TPSA) is 57.7 Å². The Morgan fingerprint density at radius 3 is 2.57 bits per heavy atom. The molecule has 6 heteroatoms. The normalized spacial score (nSPS) is 17.3. The van der Waals surface area contributed by atoms with Crippen LogP contribution in [0.2, 0.25) is 0 Å². The van der Waals surface area contributed by atoms with Crippen molar-refractivity contribution in [2.24, 2.45) is 5.92 Å². The van der Waals surface area contributed by atoms with Gasteiger partial charge in [0, 0.05) is 38.0 Å². The van der Waals surface area contributed by atoms with E-state index in [4.69, 9.17) is 0 Å². The molecule has 1 heterocycles.